The molecule has 0 aromatic heterocycles. The van der Waals surface area contributed by atoms with Crippen LogP contribution in [0.15, 0.2) is 18.2 Å². The van der Waals surface area contributed by atoms with E-state index in [2.05, 4.69) is 11.4 Å². The van der Waals surface area contributed by atoms with Gasteiger partial charge in [-0.25, -0.2) is 0 Å². The Morgan fingerprint density at radius 2 is 2.24 bits per heavy atom. The standard InChI is InChI=1S/C13H16ClNO2/c14-11-6-9(12-2-1-5-15-12)3-4-13(11)17-10-7-16-8-10/h3-4,6,10,12,15H,1-2,5,7-8H2. The molecular formula is C13H16ClNO2. The van der Waals surface area contributed by atoms with Crippen molar-refractivity contribution >= 4 is 11.6 Å². The lowest BCUT2D eigenvalue weighted by Gasteiger charge is -2.27. The number of nitrogens with one attached hydrogen (secondary N) is 1. The van der Waals surface area contributed by atoms with Crippen molar-refractivity contribution in [2.24, 2.45) is 0 Å². The molecule has 2 aliphatic rings. The Bertz CT molecular complexity index is 400. The fourth-order valence-electron chi connectivity index (χ4n) is 2.26. The topological polar surface area (TPSA) is 30.5 Å². The molecule has 2 aliphatic heterocycles. The zero-order valence-corrected chi connectivity index (χ0v) is 10.4. The van der Waals surface area contributed by atoms with E-state index in [0.29, 0.717) is 24.3 Å². The van der Waals surface area contributed by atoms with Crippen molar-refractivity contribution in [1.29, 1.82) is 0 Å². The second-order valence-corrected chi connectivity index (χ2v) is 5.02. The third-order valence-corrected chi connectivity index (χ3v) is 3.62. The molecule has 2 heterocycles. The number of halogens is 1. The Morgan fingerprint density at radius 1 is 1.35 bits per heavy atom. The Balaban J connectivity index is 1.73. The van der Waals surface area contributed by atoms with E-state index in [0.717, 1.165) is 12.3 Å². The Hall–Kier alpha value is -0.770. The number of hydrogen-bond acceptors (Lipinski definition) is 3. The number of ether oxygens (including phenoxy) is 2. The second kappa shape index (κ2) is 4.84. The van der Waals surface area contributed by atoms with Crippen molar-refractivity contribution in [3.63, 3.8) is 0 Å². The molecular weight excluding hydrogens is 238 g/mol. The molecule has 1 aromatic carbocycles. The maximum atomic E-state index is 6.24. The van der Waals surface area contributed by atoms with Crippen LogP contribution < -0.4 is 10.1 Å². The van der Waals surface area contributed by atoms with E-state index in [9.17, 15) is 0 Å². The van der Waals surface area contributed by atoms with Gasteiger partial charge >= 0.3 is 0 Å². The van der Waals surface area contributed by atoms with E-state index in [4.69, 9.17) is 21.1 Å². The predicted octanol–water partition coefficient (Wildman–Crippen LogP) is 2.54. The molecule has 3 nitrogen and oxygen atoms in total. The summed E-state index contributed by atoms with van der Waals surface area (Å²) in [7, 11) is 0. The maximum Gasteiger partial charge on any atom is 0.145 e. The van der Waals surface area contributed by atoms with Gasteiger partial charge in [0.05, 0.1) is 18.2 Å². The zero-order valence-electron chi connectivity index (χ0n) is 9.62. The van der Waals surface area contributed by atoms with Gasteiger partial charge in [0.25, 0.3) is 0 Å². The van der Waals surface area contributed by atoms with Crippen LogP contribution >= 0.6 is 11.6 Å². The second-order valence-electron chi connectivity index (χ2n) is 4.62. The number of benzene rings is 1. The molecule has 2 fully saturated rings. The summed E-state index contributed by atoms with van der Waals surface area (Å²) >= 11 is 6.24. The van der Waals surface area contributed by atoms with Crippen LogP contribution in [0.2, 0.25) is 5.02 Å². The molecule has 0 amide bonds. The Morgan fingerprint density at radius 3 is 2.82 bits per heavy atom. The summed E-state index contributed by atoms with van der Waals surface area (Å²) in [5, 5.41) is 4.16. The lowest BCUT2D eigenvalue weighted by molar-refractivity contribution is -0.0796. The van der Waals surface area contributed by atoms with Gasteiger partial charge in [0, 0.05) is 6.04 Å². The van der Waals surface area contributed by atoms with Crippen LogP contribution in [0.4, 0.5) is 0 Å². The van der Waals surface area contributed by atoms with Gasteiger partial charge in [-0.05, 0) is 37.1 Å². The summed E-state index contributed by atoms with van der Waals surface area (Å²) in [4.78, 5) is 0. The third kappa shape index (κ3) is 2.41. The van der Waals surface area contributed by atoms with E-state index in [1.807, 2.05) is 12.1 Å². The molecule has 0 bridgehead atoms. The van der Waals surface area contributed by atoms with Crippen LogP contribution in [0.1, 0.15) is 24.4 Å². The monoisotopic (exact) mass is 253 g/mol. The minimum atomic E-state index is 0.169. The zero-order chi connectivity index (χ0) is 11.7. The minimum Gasteiger partial charge on any atom is -0.484 e. The van der Waals surface area contributed by atoms with Crippen molar-refractivity contribution in [1.82, 2.24) is 5.32 Å². The van der Waals surface area contributed by atoms with Gasteiger partial charge in [0.15, 0.2) is 0 Å². The quantitative estimate of drug-likeness (QED) is 0.898. The summed E-state index contributed by atoms with van der Waals surface area (Å²) in [6.07, 6.45) is 2.59. The Kier molecular flexibility index (Phi) is 3.23. The summed E-state index contributed by atoms with van der Waals surface area (Å²) in [5.74, 6) is 0.765. The SMILES string of the molecule is Clc1cc(C2CCCN2)ccc1OC1COC1. The van der Waals surface area contributed by atoms with Crippen molar-refractivity contribution in [3.05, 3.63) is 28.8 Å². The van der Waals surface area contributed by atoms with E-state index >= 15 is 0 Å². The first-order valence-electron chi connectivity index (χ1n) is 6.10. The Labute approximate surface area is 106 Å². The van der Waals surface area contributed by atoms with Gasteiger partial charge in [-0.1, -0.05) is 17.7 Å². The van der Waals surface area contributed by atoms with Crippen LogP contribution in [-0.4, -0.2) is 25.9 Å². The number of rotatable bonds is 3. The highest BCUT2D eigenvalue weighted by Gasteiger charge is 2.22. The van der Waals surface area contributed by atoms with Gasteiger partial charge in [0.1, 0.15) is 11.9 Å². The maximum absolute atomic E-state index is 6.24. The fraction of sp³-hybridized carbons (Fsp3) is 0.538. The van der Waals surface area contributed by atoms with E-state index in [-0.39, 0.29) is 6.10 Å². The normalized spacial score (nSPS) is 24.6. The molecule has 0 aliphatic carbocycles. The molecule has 4 heteroatoms. The summed E-state index contributed by atoms with van der Waals surface area (Å²) in [5.41, 5.74) is 1.25. The van der Waals surface area contributed by atoms with Gasteiger partial charge in [-0.3, -0.25) is 0 Å². The van der Waals surface area contributed by atoms with Gasteiger partial charge in [-0.2, -0.15) is 0 Å². The van der Waals surface area contributed by atoms with Gasteiger partial charge in [0.2, 0.25) is 0 Å². The van der Waals surface area contributed by atoms with Crippen molar-refractivity contribution < 1.29 is 9.47 Å². The first-order chi connectivity index (χ1) is 8.33. The highest BCUT2D eigenvalue weighted by atomic mass is 35.5. The molecule has 0 spiro atoms. The van der Waals surface area contributed by atoms with Crippen molar-refractivity contribution in [2.75, 3.05) is 19.8 Å². The van der Waals surface area contributed by atoms with Crippen molar-refractivity contribution in [3.8, 4) is 5.75 Å². The molecule has 0 saturated carbocycles. The molecule has 1 N–H and O–H groups in total. The molecule has 3 rings (SSSR count). The molecule has 0 radical (unpaired) electrons. The average Bonchev–Trinajstić information content (AvgIpc) is 2.78. The molecule has 1 aromatic rings. The van der Waals surface area contributed by atoms with E-state index < -0.39 is 0 Å². The fourth-order valence-corrected chi connectivity index (χ4v) is 2.49. The molecule has 17 heavy (non-hydrogen) atoms. The van der Waals surface area contributed by atoms with Crippen LogP contribution in [-0.2, 0) is 4.74 Å². The molecule has 2 saturated heterocycles. The van der Waals surface area contributed by atoms with Crippen LogP contribution in [0.25, 0.3) is 0 Å². The van der Waals surface area contributed by atoms with E-state index in [1.54, 1.807) is 0 Å². The average molecular weight is 254 g/mol. The third-order valence-electron chi connectivity index (χ3n) is 3.32. The predicted molar refractivity (Wildman–Crippen MR) is 66.7 cm³/mol. The smallest absolute Gasteiger partial charge is 0.145 e. The first-order valence-corrected chi connectivity index (χ1v) is 6.48. The van der Waals surface area contributed by atoms with Gasteiger partial charge in [-0.15, -0.1) is 0 Å². The number of hydrogen-bond donors (Lipinski definition) is 1. The highest BCUT2D eigenvalue weighted by Crippen LogP contribution is 2.32. The molecule has 92 valence electrons. The van der Waals surface area contributed by atoms with Crippen LogP contribution in [0, 0.1) is 0 Å². The van der Waals surface area contributed by atoms with E-state index in [1.165, 1.54) is 18.4 Å². The molecule has 1 atom stereocenters. The lowest BCUT2D eigenvalue weighted by atomic mass is 10.1. The summed E-state index contributed by atoms with van der Waals surface area (Å²) in [6, 6.07) is 6.53. The lowest BCUT2D eigenvalue weighted by Crippen LogP contribution is -2.38. The summed E-state index contributed by atoms with van der Waals surface area (Å²) in [6.45, 7) is 2.43. The molecule has 1 unspecified atom stereocenters. The van der Waals surface area contributed by atoms with Crippen molar-refractivity contribution in [2.45, 2.75) is 25.0 Å². The van der Waals surface area contributed by atoms with Crippen LogP contribution in [0.3, 0.4) is 0 Å². The van der Waals surface area contributed by atoms with Gasteiger partial charge < -0.3 is 14.8 Å². The largest absolute Gasteiger partial charge is 0.484 e. The van der Waals surface area contributed by atoms with Crippen LogP contribution in [0.5, 0.6) is 5.75 Å². The summed E-state index contributed by atoms with van der Waals surface area (Å²) < 4.78 is 10.8. The minimum absolute atomic E-state index is 0.169. The first kappa shape index (κ1) is 11.3. The highest BCUT2D eigenvalue weighted by molar-refractivity contribution is 6.32.